The Labute approximate surface area is 112 Å². The SMILES string of the molecule is CCc1c(C)nc2c(Br)ccc(Br)c2c1N. The van der Waals surface area contributed by atoms with E-state index in [-0.39, 0.29) is 0 Å². The highest BCUT2D eigenvalue weighted by molar-refractivity contribution is 9.11. The molecule has 0 saturated carbocycles. The average molecular weight is 344 g/mol. The topological polar surface area (TPSA) is 38.9 Å². The molecule has 2 N–H and O–H groups in total. The Morgan fingerprint density at radius 1 is 1.25 bits per heavy atom. The minimum Gasteiger partial charge on any atom is -0.398 e. The molecule has 0 spiro atoms. The van der Waals surface area contributed by atoms with Gasteiger partial charge in [-0.3, -0.25) is 4.98 Å². The number of nitrogen functional groups attached to an aromatic ring is 1. The zero-order valence-corrected chi connectivity index (χ0v) is 12.3. The number of aromatic nitrogens is 1. The number of aryl methyl sites for hydroxylation is 1. The largest absolute Gasteiger partial charge is 0.398 e. The quantitative estimate of drug-likeness (QED) is 0.842. The fraction of sp³-hybridized carbons (Fsp3) is 0.250. The fourth-order valence-corrected chi connectivity index (χ4v) is 2.89. The van der Waals surface area contributed by atoms with Gasteiger partial charge >= 0.3 is 0 Å². The predicted molar refractivity (Wildman–Crippen MR) is 75.7 cm³/mol. The van der Waals surface area contributed by atoms with Crippen molar-refractivity contribution in [3.05, 3.63) is 32.3 Å². The van der Waals surface area contributed by atoms with E-state index in [9.17, 15) is 0 Å². The van der Waals surface area contributed by atoms with E-state index in [4.69, 9.17) is 5.73 Å². The van der Waals surface area contributed by atoms with E-state index < -0.39 is 0 Å². The normalized spacial score (nSPS) is 11.0. The second kappa shape index (κ2) is 4.34. The zero-order chi connectivity index (χ0) is 11.9. The molecule has 1 aromatic carbocycles. The molecule has 0 amide bonds. The van der Waals surface area contributed by atoms with E-state index in [0.717, 1.165) is 43.2 Å². The Hall–Kier alpha value is -0.610. The summed E-state index contributed by atoms with van der Waals surface area (Å²) in [7, 11) is 0. The Kier molecular flexibility index (Phi) is 3.22. The van der Waals surface area contributed by atoms with Gasteiger partial charge in [0.25, 0.3) is 0 Å². The first-order chi connectivity index (χ1) is 7.56. The molecule has 0 aliphatic carbocycles. The molecule has 1 aromatic heterocycles. The molecule has 0 unspecified atom stereocenters. The summed E-state index contributed by atoms with van der Waals surface area (Å²) in [5.41, 5.74) is 10.1. The lowest BCUT2D eigenvalue weighted by Crippen LogP contribution is -2.01. The number of nitrogens with two attached hydrogens (primary N) is 1. The molecule has 0 aliphatic rings. The van der Waals surface area contributed by atoms with Crippen LogP contribution in [0.2, 0.25) is 0 Å². The number of halogens is 2. The summed E-state index contributed by atoms with van der Waals surface area (Å²) in [4.78, 5) is 4.61. The van der Waals surface area contributed by atoms with Crippen LogP contribution >= 0.6 is 31.9 Å². The third-order valence-corrected chi connectivity index (χ3v) is 4.04. The molecule has 1 heterocycles. The smallest absolute Gasteiger partial charge is 0.0879 e. The minimum absolute atomic E-state index is 0.832. The zero-order valence-electron chi connectivity index (χ0n) is 9.14. The van der Waals surface area contributed by atoms with Crippen molar-refractivity contribution in [2.24, 2.45) is 0 Å². The molecule has 0 aliphatic heterocycles. The van der Waals surface area contributed by atoms with Crippen molar-refractivity contribution < 1.29 is 0 Å². The fourth-order valence-electron chi connectivity index (χ4n) is 1.93. The summed E-state index contributed by atoms with van der Waals surface area (Å²) in [6.07, 6.45) is 0.902. The second-order valence-electron chi connectivity index (χ2n) is 3.70. The van der Waals surface area contributed by atoms with Crippen molar-refractivity contribution in [3.8, 4) is 0 Å². The number of fused-ring (bicyclic) bond motifs is 1. The van der Waals surface area contributed by atoms with E-state index in [1.54, 1.807) is 0 Å². The Morgan fingerprint density at radius 2 is 1.88 bits per heavy atom. The van der Waals surface area contributed by atoms with Crippen LogP contribution in [0.25, 0.3) is 10.9 Å². The standard InChI is InChI=1S/C12H12Br2N2/c1-3-7-6(2)16-12-9(14)5-4-8(13)10(12)11(7)15/h4-5H,3H2,1-2H3,(H2,15,16). The summed E-state index contributed by atoms with van der Waals surface area (Å²) in [5.74, 6) is 0. The molecule has 0 atom stereocenters. The van der Waals surface area contributed by atoms with Crippen LogP contribution in [0.5, 0.6) is 0 Å². The number of rotatable bonds is 1. The first-order valence-electron chi connectivity index (χ1n) is 5.09. The average Bonchev–Trinajstić information content (AvgIpc) is 2.24. The van der Waals surface area contributed by atoms with Gasteiger partial charge in [-0.15, -0.1) is 0 Å². The van der Waals surface area contributed by atoms with Gasteiger partial charge in [0.05, 0.1) is 5.52 Å². The molecule has 0 radical (unpaired) electrons. The lowest BCUT2D eigenvalue weighted by Gasteiger charge is -2.12. The van der Waals surface area contributed by atoms with Crippen LogP contribution in [0, 0.1) is 6.92 Å². The van der Waals surface area contributed by atoms with Crippen molar-refractivity contribution in [2.45, 2.75) is 20.3 Å². The molecule has 2 rings (SSSR count). The maximum Gasteiger partial charge on any atom is 0.0879 e. The van der Waals surface area contributed by atoms with Gasteiger partial charge in [-0.25, -0.2) is 0 Å². The molecule has 4 heteroatoms. The molecule has 2 aromatic rings. The van der Waals surface area contributed by atoms with Gasteiger partial charge in [-0.05, 0) is 47.0 Å². The van der Waals surface area contributed by atoms with E-state index in [1.165, 1.54) is 0 Å². The summed E-state index contributed by atoms with van der Waals surface area (Å²) in [6, 6.07) is 3.96. The maximum absolute atomic E-state index is 6.21. The number of pyridine rings is 1. The van der Waals surface area contributed by atoms with Crippen molar-refractivity contribution in [1.29, 1.82) is 0 Å². The lowest BCUT2D eigenvalue weighted by molar-refractivity contribution is 1.07. The molecular formula is C12H12Br2N2. The van der Waals surface area contributed by atoms with Crippen LogP contribution in [-0.4, -0.2) is 4.98 Å². The summed E-state index contributed by atoms with van der Waals surface area (Å²) < 4.78 is 1.97. The number of benzene rings is 1. The second-order valence-corrected chi connectivity index (χ2v) is 5.40. The molecule has 0 saturated heterocycles. The molecule has 2 nitrogen and oxygen atoms in total. The van der Waals surface area contributed by atoms with E-state index in [2.05, 4.69) is 43.8 Å². The first kappa shape index (κ1) is 11.9. The molecule has 0 bridgehead atoms. The first-order valence-corrected chi connectivity index (χ1v) is 6.67. The minimum atomic E-state index is 0.832. The summed E-state index contributed by atoms with van der Waals surface area (Å²) in [5, 5.41) is 0.997. The van der Waals surface area contributed by atoms with Crippen LogP contribution in [0.15, 0.2) is 21.1 Å². The molecular weight excluding hydrogens is 332 g/mol. The monoisotopic (exact) mass is 342 g/mol. The predicted octanol–water partition coefficient (Wildman–Crippen LogP) is 4.21. The van der Waals surface area contributed by atoms with Gasteiger partial charge in [-0.2, -0.15) is 0 Å². The Balaban J connectivity index is 2.98. The van der Waals surface area contributed by atoms with Crippen molar-refractivity contribution >= 4 is 48.5 Å². The molecule has 16 heavy (non-hydrogen) atoms. The highest BCUT2D eigenvalue weighted by Gasteiger charge is 2.13. The number of anilines is 1. The van der Waals surface area contributed by atoms with Gasteiger partial charge in [-0.1, -0.05) is 22.9 Å². The van der Waals surface area contributed by atoms with Crippen molar-refractivity contribution in [3.63, 3.8) is 0 Å². The van der Waals surface area contributed by atoms with Crippen molar-refractivity contribution in [1.82, 2.24) is 4.98 Å². The lowest BCUT2D eigenvalue weighted by atomic mass is 10.0. The highest BCUT2D eigenvalue weighted by Crippen LogP contribution is 2.35. The van der Waals surface area contributed by atoms with Gasteiger partial charge in [0.2, 0.25) is 0 Å². The number of hydrogen-bond acceptors (Lipinski definition) is 2. The van der Waals surface area contributed by atoms with Crippen LogP contribution in [0.4, 0.5) is 5.69 Å². The van der Waals surface area contributed by atoms with Crippen LogP contribution in [0.3, 0.4) is 0 Å². The van der Waals surface area contributed by atoms with E-state index >= 15 is 0 Å². The van der Waals surface area contributed by atoms with Crippen LogP contribution < -0.4 is 5.73 Å². The third-order valence-electron chi connectivity index (χ3n) is 2.74. The molecule has 84 valence electrons. The van der Waals surface area contributed by atoms with Gasteiger partial charge in [0.1, 0.15) is 0 Å². The van der Waals surface area contributed by atoms with Crippen molar-refractivity contribution in [2.75, 3.05) is 5.73 Å². The van der Waals surface area contributed by atoms with Gasteiger partial charge < -0.3 is 5.73 Å². The summed E-state index contributed by atoms with van der Waals surface area (Å²) >= 11 is 7.04. The highest BCUT2D eigenvalue weighted by atomic mass is 79.9. The maximum atomic E-state index is 6.21. The van der Waals surface area contributed by atoms with E-state index in [1.807, 2.05) is 19.1 Å². The number of nitrogens with zero attached hydrogens (tertiary/aromatic N) is 1. The molecule has 0 fully saturated rings. The Bertz CT molecular complexity index is 565. The van der Waals surface area contributed by atoms with Gasteiger partial charge in [0, 0.05) is 25.7 Å². The number of hydrogen-bond donors (Lipinski definition) is 1. The van der Waals surface area contributed by atoms with E-state index in [0.29, 0.717) is 0 Å². The summed E-state index contributed by atoms with van der Waals surface area (Å²) in [6.45, 7) is 4.10. The van der Waals surface area contributed by atoms with Crippen LogP contribution in [0.1, 0.15) is 18.2 Å². The van der Waals surface area contributed by atoms with Gasteiger partial charge in [0.15, 0.2) is 0 Å². The Morgan fingerprint density at radius 3 is 2.50 bits per heavy atom. The third kappa shape index (κ3) is 1.74. The van der Waals surface area contributed by atoms with Crippen LogP contribution in [-0.2, 0) is 6.42 Å².